The summed E-state index contributed by atoms with van der Waals surface area (Å²) < 4.78 is 5.15. The molecule has 0 bridgehead atoms. The maximum atomic E-state index is 12.9. The molecule has 1 heterocycles. The van der Waals surface area contributed by atoms with Crippen molar-refractivity contribution in [2.24, 2.45) is 0 Å². The third-order valence-corrected chi connectivity index (χ3v) is 5.90. The van der Waals surface area contributed by atoms with Crippen LogP contribution in [0.5, 0.6) is 0 Å². The molecule has 2 aromatic carbocycles. The average Bonchev–Trinajstić information content (AvgIpc) is 3.04. The van der Waals surface area contributed by atoms with Gasteiger partial charge in [-0.05, 0) is 68.3 Å². The highest BCUT2D eigenvalue weighted by molar-refractivity contribution is 7.19. The Labute approximate surface area is 189 Å². The molecule has 6 nitrogen and oxygen atoms in total. The SMILES string of the molecule is CCOC(=O)c1c(NC(=O)c2ccc(Cl)cc2)sc(C(=O)Nc2cccc(C)c2)c1C. The summed E-state index contributed by atoms with van der Waals surface area (Å²) in [6, 6.07) is 13.7. The standard InChI is InChI=1S/C23H21ClN2O4S/c1-4-30-23(29)18-14(3)19(21(28)25-17-7-5-6-13(2)12-17)31-22(18)26-20(27)15-8-10-16(24)11-9-15/h5-12H,4H2,1-3H3,(H,25,28)(H,26,27). The largest absolute Gasteiger partial charge is 0.462 e. The monoisotopic (exact) mass is 456 g/mol. The molecule has 0 aliphatic heterocycles. The Morgan fingerprint density at radius 2 is 1.71 bits per heavy atom. The highest BCUT2D eigenvalue weighted by Crippen LogP contribution is 2.34. The highest BCUT2D eigenvalue weighted by Gasteiger charge is 2.27. The fraction of sp³-hybridized carbons (Fsp3) is 0.174. The number of rotatable bonds is 6. The molecule has 0 aliphatic rings. The molecular formula is C23H21ClN2O4S. The number of anilines is 2. The summed E-state index contributed by atoms with van der Waals surface area (Å²) in [4.78, 5) is 38.5. The van der Waals surface area contributed by atoms with Crippen LogP contribution in [0.3, 0.4) is 0 Å². The Bertz CT molecular complexity index is 1140. The first-order valence-corrected chi connectivity index (χ1v) is 10.7. The molecule has 3 rings (SSSR count). The highest BCUT2D eigenvalue weighted by atomic mass is 35.5. The summed E-state index contributed by atoms with van der Waals surface area (Å²) in [5.41, 5.74) is 2.63. The van der Waals surface area contributed by atoms with Gasteiger partial charge in [-0.3, -0.25) is 9.59 Å². The fourth-order valence-electron chi connectivity index (χ4n) is 2.95. The van der Waals surface area contributed by atoms with Gasteiger partial charge >= 0.3 is 5.97 Å². The molecule has 3 aromatic rings. The Kier molecular flexibility index (Phi) is 7.09. The Balaban J connectivity index is 1.94. The molecule has 8 heteroatoms. The molecule has 160 valence electrons. The predicted octanol–water partition coefficient (Wildman–Crippen LogP) is 5.70. The third kappa shape index (κ3) is 5.31. The second-order valence-electron chi connectivity index (χ2n) is 6.77. The molecule has 0 aliphatic carbocycles. The fourth-order valence-corrected chi connectivity index (χ4v) is 4.17. The number of benzene rings is 2. The van der Waals surface area contributed by atoms with E-state index in [1.165, 1.54) is 0 Å². The summed E-state index contributed by atoms with van der Waals surface area (Å²) in [5.74, 6) is -1.39. The second-order valence-corrected chi connectivity index (χ2v) is 8.22. The van der Waals surface area contributed by atoms with E-state index in [4.69, 9.17) is 16.3 Å². The van der Waals surface area contributed by atoms with Crippen LogP contribution in [0.25, 0.3) is 0 Å². The summed E-state index contributed by atoms with van der Waals surface area (Å²) in [6.45, 7) is 5.45. The molecular weight excluding hydrogens is 436 g/mol. The van der Waals surface area contributed by atoms with Gasteiger partial charge in [0.1, 0.15) is 5.00 Å². The van der Waals surface area contributed by atoms with Crippen LogP contribution < -0.4 is 10.6 Å². The van der Waals surface area contributed by atoms with Crippen LogP contribution in [-0.4, -0.2) is 24.4 Å². The van der Waals surface area contributed by atoms with Gasteiger partial charge in [0.05, 0.1) is 17.0 Å². The molecule has 0 radical (unpaired) electrons. The molecule has 0 atom stereocenters. The normalized spacial score (nSPS) is 10.5. The van der Waals surface area contributed by atoms with Gasteiger partial charge in [0, 0.05) is 16.3 Å². The quantitative estimate of drug-likeness (QED) is 0.466. The number of carbonyl (C=O) groups excluding carboxylic acids is 3. The van der Waals surface area contributed by atoms with Gasteiger partial charge in [-0.1, -0.05) is 23.7 Å². The van der Waals surface area contributed by atoms with Gasteiger partial charge in [0.25, 0.3) is 11.8 Å². The number of ether oxygens (including phenoxy) is 1. The maximum absolute atomic E-state index is 12.9. The lowest BCUT2D eigenvalue weighted by Crippen LogP contribution is -2.15. The molecule has 0 saturated heterocycles. The first kappa shape index (κ1) is 22.5. The summed E-state index contributed by atoms with van der Waals surface area (Å²) in [7, 11) is 0. The van der Waals surface area contributed by atoms with E-state index in [0.29, 0.717) is 26.7 Å². The number of hydrogen-bond acceptors (Lipinski definition) is 5. The van der Waals surface area contributed by atoms with E-state index < -0.39 is 11.9 Å². The second kappa shape index (κ2) is 9.76. The van der Waals surface area contributed by atoms with Crippen molar-refractivity contribution in [3.05, 3.63) is 80.7 Å². The van der Waals surface area contributed by atoms with Gasteiger partial charge in [-0.2, -0.15) is 0 Å². The van der Waals surface area contributed by atoms with E-state index in [1.807, 2.05) is 25.1 Å². The molecule has 1 aromatic heterocycles. The number of aryl methyl sites for hydroxylation is 1. The van der Waals surface area contributed by atoms with Crippen LogP contribution in [0.2, 0.25) is 5.02 Å². The van der Waals surface area contributed by atoms with Crippen molar-refractivity contribution in [3.63, 3.8) is 0 Å². The van der Waals surface area contributed by atoms with Crippen molar-refractivity contribution in [2.45, 2.75) is 20.8 Å². The number of carbonyl (C=O) groups is 3. The summed E-state index contributed by atoms with van der Waals surface area (Å²) in [5, 5.41) is 6.33. The van der Waals surface area contributed by atoms with Crippen LogP contribution in [-0.2, 0) is 4.74 Å². The van der Waals surface area contributed by atoms with Crippen LogP contribution >= 0.6 is 22.9 Å². The van der Waals surface area contributed by atoms with E-state index >= 15 is 0 Å². The lowest BCUT2D eigenvalue weighted by molar-refractivity contribution is 0.0527. The lowest BCUT2D eigenvalue weighted by Gasteiger charge is -2.07. The minimum atomic E-state index is -0.600. The zero-order valence-corrected chi connectivity index (χ0v) is 18.8. The van der Waals surface area contributed by atoms with E-state index in [-0.39, 0.29) is 23.1 Å². The minimum Gasteiger partial charge on any atom is -0.462 e. The van der Waals surface area contributed by atoms with Gasteiger partial charge in [0.2, 0.25) is 0 Å². The van der Waals surface area contributed by atoms with Gasteiger partial charge in [-0.25, -0.2) is 4.79 Å². The zero-order valence-electron chi connectivity index (χ0n) is 17.2. The molecule has 0 saturated carbocycles. The number of amides is 2. The van der Waals surface area contributed by atoms with Crippen LogP contribution in [0.1, 0.15) is 48.4 Å². The molecule has 0 unspecified atom stereocenters. The van der Waals surface area contributed by atoms with E-state index in [0.717, 1.165) is 16.9 Å². The van der Waals surface area contributed by atoms with Gasteiger partial charge in [0.15, 0.2) is 0 Å². The van der Waals surface area contributed by atoms with E-state index in [1.54, 1.807) is 44.2 Å². The van der Waals surface area contributed by atoms with Gasteiger partial charge < -0.3 is 15.4 Å². The molecule has 2 amide bonds. The molecule has 0 spiro atoms. The Morgan fingerprint density at radius 3 is 2.35 bits per heavy atom. The number of halogens is 1. The molecule has 2 N–H and O–H groups in total. The molecule has 0 fully saturated rings. The van der Waals surface area contributed by atoms with E-state index in [9.17, 15) is 14.4 Å². The van der Waals surface area contributed by atoms with Crippen molar-refractivity contribution >= 4 is 51.4 Å². The van der Waals surface area contributed by atoms with Gasteiger partial charge in [-0.15, -0.1) is 11.3 Å². The lowest BCUT2D eigenvalue weighted by atomic mass is 10.1. The first-order valence-electron chi connectivity index (χ1n) is 9.55. The summed E-state index contributed by atoms with van der Waals surface area (Å²) >= 11 is 6.91. The number of thiophene rings is 1. The predicted molar refractivity (Wildman–Crippen MR) is 124 cm³/mol. The average molecular weight is 457 g/mol. The Morgan fingerprint density at radius 1 is 1.00 bits per heavy atom. The maximum Gasteiger partial charge on any atom is 0.341 e. The number of hydrogen-bond donors (Lipinski definition) is 2. The van der Waals surface area contributed by atoms with Crippen molar-refractivity contribution in [1.82, 2.24) is 0 Å². The molecule has 31 heavy (non-hydrogen) atoms. The zero-order chi connectivity index (χ0) is 22.5. The number of nitrogens with one attached hydrogen (secondary N) is 2. The first-order chi connectivity index (χ1) is 14.8. The minimum absolute atomic E-state index is 0.170. The third-order valence-electron chi connectivity index (χ3n) is 4.44. The van der Waals surface area contributed by atoms with Crippen molar-refractivity contribution in [1.29, 1.82) is 0 Å². The van der Waals surface area contributed by atoms with Crippen LogP contribution in [0.4, 0.5) is 10.7 Å². The van der Waals surface area contributed by atoms with Crippen molar-refractivity contribution in [2.75, 3.05) is 17.2 Å². The van der Waals surface area contributed by atoms with Crippen LogP contribution in [0.15, 0.2) is 48.5 Å². The van der Waals surface area contributed by atoms with E-state index in [2.05, 4.69) is 10.6 Å². The van der Waals surface area contributed by atoms with Crippen LogP contribution in [0, 0.1) is 13.8 Å². The topological polar surface area (TPSA) is 84.5 Å². The smallest absolute Gasteiger partial charge is 0.341 e. The summed E-state index contributed by atoms with van der Waals surface area (Å²) in [6.07, 6.45) is 0. The Hall–Kier alpha value is -3.16. The van der Waals surface area contributed by atoms with Crippen molar-refractivity contribution in [3.8, 4) is 0 Å². The van der Waals surface area contributed by atoms with Crippen molar-refractivity contribution < 1.29 is 19.1 Å². The number of esters is 1.